The van der Waals surface area contributed by atoms with Crippen molar-refractivity contribution in [1.29, 1.82) is 0 Å². The van der Waals surface area contributed by atoms with Gasteiger partial charge in [-0.25, -0.2) is 4.79 Å². The predicted octanol–water partition coefficient (Wildman–Crippen LogP) is 2.50. The lowest BCUT2D eigenvalue weighted by Gasteiger charge is -2.27. The molecule has 8 heteroatoms. The number of anilines is 2. The molecule has 0 aliphatic carbocycles. The van der Waals surface area contributed by atoms with E-state index in [1.165, 1.54) is 6.92 Å². The van der Waals surface area contributed by atoms with Crippen LogP contribution in [0.25, 0.3) is 0 Å². The van der Waals surface area contributed by atoms with Gasteiger partial charge in [0.15, 0.2) is 0 Å². The maximum atomic E-state index is 12.2. The molecule has 3 N–H and O–H groups in total. The molecule has 2 aliphatic rings. The molecule has 2 aliphatic heterocycles. The molecule has 2 heterocycles. The van der Waals surface area contributed by atoms with Crippen LogP contribution in [0.5, 0.6) is 11.5 Å². The summed E-state index contributed by atoms with van der Waals surface area (Å²) in [4.78, 5) is 25.6. The van der Waals surface area contributed by atoms with Crippen molar-refractivity contribution in [3.63, 3.8) is 0 Å². The summed E-state index contributed by atoms with van der Waals surface area (Å²) in [5, 5.41) is 16.9. The van der Waals surface area contributed by atoms with Gasteiger partial charge in [-0.2, -0.15) is 0 Å². The van der Waals surface area contributed by atoms with Crippen molar-refractivity contribution in [2.75, 3.05) is 24.3 Å². The normalized spacial score (nSPS) is 22.1. The molecule has 4 rings (SSSR count). The second-order valence-corrected chi connectivity index (χ2v) is 6.88. The molecule has 1 fully saturated rings. The molecule has 2 aromatic carbocycles. The van der Waals surface area contributed by atoms with Crippen LogP contribution in [0.3, 0.4) is 0 Å². The van der Waals surface area contributed by atoms with Gasteiger partial charge >= 0.3 is 6.09 Å². The van der Waals surface area contributed by atoms with E-state index in [0.29, 0.717) is 35.7 Å². The molecule has 2 atom stereocenters. The van der Waals surface area contributed by atoms with Crippen molar-refractivity contribution in [3.05, 3.63) is 48.0 Å². The second kappa shape index (κ2) is 6.72. The molecule has 1 saturated heterocycles. The zero-order valence-corrected chi connectivity index (χ0v) is 15.6. The van der Waals surface area contributed by atoms with Crippen LogP contribution in [0.4, 0.5) is 16.2 Å². The van der Waals surface area contributed by atoms with Gasteiger partial charge in [0.1, 0.15) is 23.3 Å². The Hall–Kier alpha value is -3.26. The van der Waals surface area contributed by atoms with E-state index in [2.05, 4.69) is 10.6 Å². The Labute approximate surface area is 162 Å². The fourth-order valence-corrected chi connectivity index (χ4v) is 3.78. The van der Waals surface area contributed by atoms with E-state index in [9.17, 15) is 14.7 Å². The van der Waals surface area contributed by atoms with Crippen LogP contribution >= 0.6 is 0 Å². The van der Waals surface area contributed by atoms with Crippen molar-refractivity contribution >= 4 is 23.4 Å². The minimum atomic E-state index is -1.20. The Balaban J connectivity index is 1.49. The number of nitrogens with zero attached hydrogens (tertiary/aromatic N) is 1. The van der Waals surface area contributed by atoms with Gasteiger partial charge < -0.3 is 24.8 Å². The van der Waals surface area contributed by atoms with E-state index >= 15 is 0 Å². The average Bonchev–Trinajstić information content (AvgIpc) is 3.14. The standard InChI is InChI=1S/C20H21N3O5/c1-12(24)23-10-9-20(26)16-11-15(7-8-17(16)22-18(20)23)28-19(25)21-13-3-5-14(27-2)6-4-13/h3-8,11,18,22,26H,9-10H2,1-2H3,(H,21,25)/t18-,20+/m0/s1. The zero-order chi connectivity index (χ0) is 19.9. The summed E-state index contributed by atoms with van der Waals surface area (Å²) < 4.78 is 10.4. The SMILES string of the molecule is COc1ccc(NC(=O)Oc2ccc3c(c2)[C@]2(O)CCN(C(C)=O)[C@@H]2N3)cc1. The number of benzene rings is 2. The predicted molar refractivity (Wildman–Crippen MR) is 102 cm³/mol. The lowest BCUT2D eigenvalue weighted by Crippen LogP contribution is -2.45. The van der Waals surface area contributed by atoms with E-state index in [4.69, 9.17) is 9.47 Å². The van der Waals surface area contributed by atoms with Gasteiger partial charge in [-0.1, -0.05) is 0 Å². The molecular formula is C20H21N3O5. The number of fused-ring (bicyclic) bond motifs is 3. The highest BCUT2D eigenvalue weighted by molar-refractivity contribution is 5.86. The monoisotopic (exact) mass is 383 g/mol. The summed E-state index contributed by atoms with van der Waals surface area (Å²) in [6.07, 6.45) is -0.738. The number of carbonyl (C=O) groups excluding carboxylic acids is 2. The Morgan fingerprint density at radius 3 is 2.61 bits per heavy atom. The highest BCUT2D eigenvalue weighted by Crippen LogP contribution is 2.47. The van der Waals surface area contributed by atoms with Gasteiger partial charge in [0.2, 0.25) is 5.91 Å². The fraction of sp³-hybridized carbons (Fsp3) is 0.300. The van der Waals surface area contributed by atoms with Gasteiger partial charge in [0, 0.05) is 36.8 Å². The lowest BCUT2D eigenvalue weighted by atomic mass is 9.93. The summed E-state index contributed by atoms with van der Waals surface area (Å²) in [5.74, 6) is 0.891. The number of likely N-dealkylation sites (tertiary alicyclic amines) is 1. The number of methoxy groups -OCH3 is 1. The Kier molecular flexibility index (Phi) is 4.35. The molecule has 8 nitrogen and oxygen atoms in total. The minimum Gasteiger partial charge on any atom is -0.497 e. The average molecular weight is 383 g/mol. The smallest absolute Gasteiger partial charge is 0.417 e. The van der Waals surface area contributed by atoms with Crippen molar-refractivity contribution in [3.8, 4) is 11.5 Å². The lowest BCUT2D eigenvalue weighted by molar-refractivity contribution is -0.131. The van der Waals surface area contributed by atoms with Gasteiger partial charge in [-0.05, 0) is 42.5 Å². The van der Waals surface area contributed by atoms with E-state index in [-0.39, 0.29) is 5.91 Å². The number of ether oxygens (including phenoxy) is 2. The third-order valence-corrected chi connectivity index (χ3v) is 5.20. The first-order chi connectivity index (χ1) is 13.4. The largest absolute Gasteiger partial charge is 0.497 e. The molecule has 0 spiro atoms. The van der Waals surface area contributed by atoms with Crippen molar-refractivity contribution in [2.24, 2.45) is 0 Å². The van der Waals surface area contributed by atoms with Crippen LogP contribution in [-0.4, -0.2) is 41.8 Å². The molecule has 2 amide bonds. The summed E-state index contributed by atoms with van der Waals surface area (Å²) in [5.41, 5.74) is 0.713. The Morgan fingerprint density at radius 1 is 1.21 bits per heavy atom. The van der Waals surface area contributed by atoms with Crippen LogP contribution < -0.4 is 20.1 Å². The van der Waals surface area contributed by atoms with E-state index in [1.54, 1.807) is 54.5 Å². The summed E-state index contributed by atoms with van der Waals surface area (Å²) in [6, 6.07) is 11.9. The molecular weight excluding hydrogens is 362 g/mol. The zero-order valence-electron chi connectivity index (χ0n) is 15.6. The highest BCUT2D eigenvalue weighted by Gasteiger charge is 2.53. The maximum absolute atomic E-state index is 12.2. The molecule has 0 unspecified atom stereocenters. The first-order valence-corrected chi connectivity index (χ1v) is 8.94. The Bertz CT molecular complexity index is 930. The van der Waals surface area contributed by atoms with Gasteiger partial charge in [0.25, 0.3) is 0 Å². The second-order valence-electron chi connectivity index (χ2n) is 6.88. The molecule has 0 bridgehead atoms. The van der Waals surface area contributed by atoms with E-state index in [0.717, 1.165) is 5.69 Å². The minimum absolute atomic E-state index is 0.100. The number of rotatable bonds is 3. The quantitative estimate of drug-likeness (QED) is 0.753. The molecule has 0 radical (unpaired) electrons. The summed E-state index contributed by atoms with van der Waals surface area (Å²) >= 11 is 0. The van der Waals surface area contributed by atoms with Gasteiger partial charge in [-0.3, -0.25) is 10.1 Å². The number of aliphatic hydroxyl groups is 1. The topological polar surface area (TPSA) is 100 Å². The maximum Gasteiger partial charge on any atom is 0.417 e. The third kappa shape index (κ3) is 3.01. The van der Waals surface area contributed by atoms with E-state index in [1.807, 2.05) is 0 Å². The molecule has 2 aromatic rings. The third-order valence-electron chi connectivity index (χ3n) is 5.20. The number of carbonyl (C=O) groups is 2. The molecule has 146 valence electrons. The number of nitrogens with one attached hydrogen (secondary N) is 2. The Morgan fingerprint density at radius 2 is 1.93 bits per heavy atom. The molecule has 28 heavy (non-hydrogen) atoms. The molecule has 0 saturated carbocycles. The van der Waals surface area contributed by atoms with Crippen LogP contribution in [-0.2, 0) is 10.4 Å². The van der Waals surface area contributed by atoms with Crippen LogP contribution in [0, 0.1) is 0 Å². The van der Waals surface area contributed by atoms with E-state index < -0.39 is 17.9 Å². The summed E-state index contributed by atoms with van der Waals surface area (Å²) in [6.45, 7) is 1.94. The van der Waals surface area contributed by atoms with Crippen molar-refractivity contribution < 1.29 is 24.2 Å². The number of hydrogen-bond donors (Lipinski definition) is 3. The van der Waals surface area contributed by atoms with Crippen LogP contribution in [0.15, 0.2) is 42.5 Å². The first-order valence-electron chi connectivity index (χ1n) is 8.94. The van der Waals surface area contributed by atoms with Gasteiger partial charge in [-0.15, -0.1) is 0 Å². The highest BCUT2D eigenvalue weighted by atomic mass is 16.6. The van der Waals surface area contributed by atoms with Crippen LogP contribution in [0.2, 0.25) is 0 Å². The van der Waals surface area contributed by atoms with Crippen molar-refractivity contribution in [1.82, 2.24) is 4.90 Å². The number of amides is 2. The van der Waals surface area contributed by atoms with Crippen LogP contribution in [0.1, 0.15) is 18.9 Å². The number of hydrogen-bond acceptors (Lipinski definition) is 6. The van der Waals surface area contributed by atoms with Crippen molar-refractivity contribution in [2.45, 2.75) is 25.1 Å². The first kappa shape index (κ1) is 18.1. The molecule has 0 aromatic heterocycles. The summed E-state index contributed by atoms with van der Waals surface area (Å²) in [7, 11) is 1.57. The van der Waals surface area contributed by atoms with Gasteiger partial charge in [0.05, 0.1) is 7.11 Å². The fourth-order valence-electron chi connectivity index (χ4n) is 3.78.